The predicted molar refractivity (Wildman–Crippen MR) is 49.8 cm³/mol. The van der Waals surface area contributed by atoms with E-state index in [2.05, 4.69) is 25.1 Å². The van der Waals surface area contributed by atoms with Crippen LogP contribution in [-0.4, -0.2) is 22.3 Å². The molecule has 7 heteroatoms. The van der Waals surface area contributed by atoms with Gasteiger partial charge in [0, 0.05) is 6.07 Å². The first kappa shape index (κ1) is 10.7. The fourth-order valence-corrected chi connectivity index (χ4v) is 0.910. The Kier molecular flexibility index (Phi) is 3.61. The molecule has 0 aliphatic rings. The smallest absolute Gasteiger partial charge is 0.240 e. The number of rotatable bonds is 3. The van der Waals surface area contributed by atoms with E-state index in [0.717, 1.165) is 0 Å². The summed E-state index contributed by atoms with van der Waals surface area (Å²) in [4.78, 5) is 4.08. The Morgan fingerprint density at radius 1 is 1.43 bits per heavy atom. The minimum Gasteiger partial charge on any atom is -0.364 e. The van der Waals surface area contributed by atoms with E-state index in [-0.39, 0.29) is 12.4 Å². The predicted octanol–water partition coefficient (Wildman–Crippen LogP) is 0.866. The minimum atomic E-state index is 0. The van der Waals surface area contributed by atoms with Crippen LogP contribution in [-0.2, 0) is 6.54 Å². The zero-order chi connectivity index (χ0) is 9.10. The van der Waals surface area contributed by atoms with E-state index >= 15 is 0 Å². The van der Waals surface area contributed by atoms with Gasteiger partial charge in [-0.05, 0) is 7.05 Å². The fraction of sp³-hybridized carbons (Fsp3) is 0.286. The minimum absolute atomic E-state index is 0. The van der Waals surface area contributed by atoms with Crippen molar-refractivity contribution in [3.05, 3.63) is 18.2 Å². The average molecular weight is 217 g/mol. The first-order chi connectivity index (χ1) is 6.40. The first-order valence-electron chi connectivity index (χ1n) is 3.78. The Balaban J connectivity index is 0.000000980. The van der Waals surface area contributed by atoms with Crippen LogP contribution in [0.15, 0.2) is 21.4 Å². The van der Waals surface area contributed by atoms with Crippen molar-refractivity contribution in [2.75, 3.05) is 7.05 Å². The molecule has 14 heavy (non-hydrogen) atoms. The third kappa shape index (κ3) is 2.09. The zero-order valence-corrected chi connectivity index (χ0v) is 8.24. The molecule has 6 nitrogen and oxygen atoms in total. The van der Waals surface area contributed by atoms with E-state index in [9.17, 15) is 0 Å². The van der Waals surface area contributed by atoms with Gasteiger partial charge in [-0.1, -0.05) is 10.3 Å². The van der Waals surface area contributed by atoms with Crippen molar-refractivity contribution in [3.8, 4) is 11.5 Å². The van der Waals surface area contributed by atoms with Gasteiger partial charge in [0.1, 0.15) is 6.26 Å². The third-order valence-electron chi connectivity index (χ3n) is 1.46. The Bertz CT molecular complexity index is 373. The summed E-state index contributed by atoms with van der Waals surface area (Å²) in [5.74, 6) is 0.972. The van der Waals surface area contributed by atoms with Gasteiger partial charge in [-0.25, -0.2) is 0 Å². The molecular weight excluding hydrogens is 208 g/mol. The molecule has 2 heterocycles. The van der Waals surface area contributed by atoms with Crippen LogP contribution >= 0.6 is 12.4 Å². The number of hydrogen-bond donors (Lipinski definition) is 1. The highest BCUT2D eigenvalue weighted by atomic mass is 35.5. The molecular formula is C7H9ClN4O2. The fourth-order valence-electron chi connectivity index (χ4n) is 0.910. The van der Waals surface area contributed by atoms with Gasteiger partial charge in [-0.3, -0.25) is 0 Å². The highest BCUT2D eigenvalue weighted by Gasteiger charge is 2.09. The van der Waals surface area contributed by atoms with Crippen LogP contribution in [0.1, 0.15) is 5.89 Å². The second-order valence-electron chi connectivity index (χ2n) is 2.43. The molecule has 0 atom stereocenters. The summed E-state index contributed by atoms with van der Waals surface area (Å²) in [7, 11) is 1.81. The SMILES string of the molecule is CNCc1nc(-c2ccon2)no1.Cl. The molecule has 0 unspecified atom stereocenters. The van der Waals surface area contributed by atoms with Crippen molar-refractivity contribution in [1.82, 2.24) is 20.6 Å². The van der Waals surface area contributed by atoms with Crippen LogP contribution in [0.25, 0.3) is 11.5 Å². The summed E-state index contributed by atoms with van der Waals surface area (Å²) in [6, 6.07) is 1.67. The molecule has 0 fully saturated rings. The quantitative estimate of drug-likeness (QED) is 0.820. The molecule has 0 aliphatic carbocycles. The van der Waals surface area contributed by atoms with Gasteiger partial charge in [0.05, 0.1) is 6.54 Å². The Morgan fingerprint density at radius 2 is 2.29 bits per heavy atom. The number of nitrogens with one attached hydrogen (secondary N) is 1. The molecule has 0 bridgehead atoms. The van der Waals surface area contributed by atoms with Crippen molar-refractivity contribution in [2.24, 2.45) is 0 Å². The number of hydrogen-bond acceptors (Lipinski definition) is 6. The van der Waals surface area contributed by atoms with Crippen molar-refractivity contribution in [3.63, 3.8) is 0 Å². The van der Waals surface area contributed by atoms with Crippen molar-refractivity contribution >= 4 is 12.4 Å². The molecule has 2 rings (SSSR count). The van der Waals surface area contributed by atoms with Crippen molar-refractivity contribution in [2.45, 2.75) is 6.54 Å². The lowest BCUT2D eigenvalue weighted by Gasteiger charge is -1.86. The highest BCUT2D eigenvalue weighted by Crippen LogP contribution is 2.11. The number of aromatic nitrogens is 3. The van der Waals surface area contributed by atoms with E-state index < -0.39 is 0 Å². The van der Waals surface area contributed by atoms with E-state index in [1.165, 1.54) is 6.26 Å². The molecule has 0 aliphatic heterocycles. The molecule has 2 aromatic rings. The van der Waals surface area contributed by atoms with Crippen molar-refractivity contribution in [1.29, 1.82) is 0 Å². The van der Waals surface area contributed by atoms with Gasteiger partial charge in [0.2, 0.25) is 11.7 Å². The van der Waals surface area contributed by atoms with Gasteiger partial charge in [0.15, 0.2) is 5.69 Å². The second-order valence-corrected chi connectivity index (χ2v) is 2.43. The second kappa shape index (κ2) is 4.73. The molecule has 0 radical (unpaired) electrons. The Hall–Kier alpha value is -1.40. The average Bonchev–Trinajstić information content (AvgIpc) is 2.70. The summed E-state index contributed by atoms with van der Waals surface area (Å²) in [6.45, 7) is 0.546. The number of nitrogens with zero attached hydrogens (tertiary/aromatic N) is 3. The third-order valence-corrected chi connectivity index (χ3v) is 1.46. The van der Waals surface area contributed by atoms with Gasteiger partial charge in [-0.2, -0.15) is 4.98 Å². The summed E-state index contributed by atoms with van der Waals surface area (Å²) in [6.07, 6.45) is 1.46. The van der Waals surface area contributed by atoms with Crippen LogP contribution in [0.3, 0.4) is 0 Å². The van der Waals surface area contributed by atoms with Crippen LogP contribution < -0.4 is 5.32 Å². The van der Waals surface area contributed by atoms with Crippen molar-refractivity contribution < 1.29 is 9.05 Å². The van der Waals surface area contributed by atoms with Gasteiger partial charge in [0.25, 0.3) is 0 Å². The highest BCUT2D eigenvalue weighted by molar-refractivity contribution is 5.85. The van der Waals surface area contributed by atoms with Gasteiger partial charge in [-0.15, -0.1) is 12.4 Å². The van der Waals surface area contributed by atoms with Gasteiger partial charge < -0.3 is 14.4 Å². The van der Waals surface area contributed by atoms with Crippen LogP contribution in [0.4, 0.5) is 0 Å². The Labute approximate surface area is 86.1 Å². The molecule has 76 valence electrons. The summed E-state index contributed by atoms with van der Waals surface area (Å²) < 4.78 is 9.57. The maximum atomic E-state index is 4.92. The first-order valence-corrected chi connectivity index (χ1v) is 3.78. The van der Waals surface area contributed by atoms with E-state index in [4.69, 9.17) is 4.52 Å². The molecule has 0 amide bonds. The maximum Gasteiger partial charge on any atom is 0.240 e. The van der Waals surface area contributed by atoms with E-state index in [1.807, 2.05) is 0 Å². The molecule has 2 aromatic heterocycles. The zero-order valence-electron chi connectivity index (χ0n) is 7.43. The molecule has 1 N–H and O–H groups in total. The molecule has 0 saturated heterocycles. The topological polar surface area (TPSA) is 77.0 Å². The standard InChI is InChI=1S/C7H8N4O2.ClH/c1-8-4-6-9-7(11-13-6)5-2-3-12-10-5;/h2-3,8H,4H2,1H3;1H. The Morgan fingerprint density at radius 3 is 2.93 bits per heavy atom. The van der Waals surface area contributed by atoms with E-state index in [0.29, 0.717) is 24.0 Å². The molecule has 0 spiro atoms. The number of halogens is 1. The lowest BCUT2D eigenvalue weighted by molar-refractivity contribution is 0.371. The summed E-state index contributed by atoms with van der Waals surface area (Å²) >= 11 is 0. The lowest BCUT2D eigenvalue weighted by Crippen LogP contribution is -2.04. The lowest BCUT2D eigenvalue weighted by atomic mass is 10.4. The molecule has 0 saturated carbocycles. The monoisotopic (exact) mass is 216 g/mol. The summed E-state index contributed by atoms with van der Waals surface area (Å²) in [5, 5.41) is 10.3. The van der Waals surface area contributed by atoms with Crippen LogP contribution in [0, 0.1) is 0 Å². The van der Waals surface area contributed by atoms with Crippen LogP contribution in [0.2, 0.25) is 0 Å². The maximum absolute atomic E-state index is 4.92. The van der Waals surface area contributed by atoms with E-state index in [1.54, 1.807) is 13.1 Å². The molecule has 0 aromatic carbocycles. The normalized spacial score (nSPS) is 9.79. The largest absolute Gasteiger partial charge is 0.364 e. The van der Waals surface area contributed by atoms with Gasteiger partial charge >= 0.3 is 0 Å². The van der Waals surface area contributed by atoms with Crippen LogP contribution in [0.5, 0.6) is 0 Å². The summed E-state index contributed by atoms with van der Waals surface area (Å²) in [5.41, 5.74) is 0.575.